The van der Waals surface area contributed by atoms with Crippen molar-refractivity contribution in [2.75, 3.05) is 11.7 Å². The highest BCUT2D eigenvalue weighted by molar-refractivity contribution is 7.06. The zero-order valence-corrected chi connectivity index (χ0v) is 8.17. The number of carbonyl (C=O) groups excluding carboxylic acids is 1. The topological polar surface area (TPSA) is 70.2 Å². The number of aromatic nitrogens is 2. The lowest BCUT2D eigenvalue weighted by atomic mass is 10.3. The molecule has 0 atom stereocenters. The van der Waals surface area contributed by atoms with E-state index < -0.39 is 0 Å². The number of carbonyl (C=O) groups is 1. The van der Waals surface area contributed by atoms with Crippen LogP contribution in [0.3, 0.4) is 0 Å². The van der Waals surface area contributed by atoms with Gasteiger partial charge in [0.15, 0.2) is 5.82 Å². The molecule has 1 aliphatic heterocycles. The van der Waals surface area contributed by atoms with Crippen molar-refractivity contribution < 1.29 is 4.79 Å². The molecule has 0 unspecified atom stereocenters. The number of nitrogens with one attached hydrogen (secondary N) is 2. The molecule has 1 saturated heterocycles. The normalized spacial score (nSPS) is 15.7. The van der Waals surface area contributed by atoms with Crippen LogP contribution in [0, 0.1) is 0 Å². The lowest BCUT2D eigenvalue weighted by molar-refractivity contribution is 0.251. The van der Waals surface area contributed by atoms with Crippen molar-refractivity contribution >= 4 is 23.4 Å². The van der Waals surface area contributed by atoms with Crippen molar-refractivity contribution in [3.8, 4) is 0 Å². The van der Waals surface area contributed by atoms with Crippen LogP contribution in [0.2, 0.25) is 0 Å². The Morgan fingerprint density at radius 2 is 2.57 bits per heavy atom. The first kappa shape index (κ1) is 9.10. The predicted octanol–water partition coefficient (Wildman–Crippen LogP) is 0.258. The molecule has 14 heavy (non-hydrogen) atoms. The number of urea groups is 1. The van der Waals surface area contributed by atoms with Crippen molar-refractivity contribution in [1.29, 1.82) is 0 Å². The molecule has 0 aromatic carbocycles. The van der Waals surface area contributed by atoms with Crippen molar-refractivity contribution in [3.05, 3.63) is 17.5 Å². The smallest absolute Gasteiger partial charge is 0.322 e. The van der Waals surface area contributed by atoms with Gasteiger partial charge in [-0.3, -0.25) is 0 Å². The minimum absolute atomic E-state index is 0.206. The van der Waals surface area contributed by atoms with E-state index in [0.717, 1.165) is 4.88 Å². The number of hydrogen-bond donors (Lipinski definition) is 2. The molecule has 0 spiro atoms. The molecule has 1 aromatic rings. The van der Waals surface area contributed by atoms with E-state index in [4.69, 9.17) is 0 Å². The third-order valence-electron chi connectivity index (χ3n) is 1.76. The molecule has 2 N–H and O–H groups in total. The van der Waals surface area contributed by atoms with Crippen LogP contribution in [-0.4, -0.2) is 22.3 Å². The van der Waals surface area contributed by atoms with E-state index in [9.17, 15) is 4.79 Å². The van der Waals surface area contributed by atoms with Crippen molar-refractivity contribution in [2.45, 2.75) is 6.42 Å². The molecule has 0 saturated carbocycles. The maximum absolute atomic E-state index is 11.3. The Labute approximate surface area is 84.7 Å². The Kier molecular flexibility index (Phi) is 2.42. The number of hydrogen-bond acceptors (Lipinski definition) is 5. The van der Waals surface area contributed by atoms with E-state index >= 15 is 0 Å². The van der Waals surface area contributed by atoms with Crippen LogP contribution >= 0.6 is 11.5 Å². The Morgan fingerprint density at radius 1 is 1.71 bits per heavy atom. The van der Waals surface area contributed by atoms with Crippen LogP contribution < -0.4 is 15.8 Å². The van der Waals surface area contributed by atoms with Crippen LogP contribution in [0.4, 0.5) is 10.6 Å². The van der Waals surface area contributed by atoms with Gasteiger partial charge in [0.05, 0.1) is 11.5 Å². The number of amides is 2. The van der Waals surface area contributed by atoms with Gasteiger partial charge in [-0.1, -0.05) is 10.6 Å². The highest BCUT2D eigenvalue weighted by Gasteiger charge is 2.25. The van der Waals surface area contributed by atoms with Gasteiger partial charge in [0.1, 0.15) is 0 Å². The molecular weight excluding hydrogens is 202 g/mol. The zero-order chi connectivity index (χ0) is 9.97. The van der Waals surface area contributed by atoms with Gasteiger partial charge >= 0.3 is 6.03 Å². The summed E-state index contributed by atoms with van der Waals surface area (Å²) in [6.07, 6.45) is 2.42. The second-order valence-corrected chi connectivity index (χ2v) is 3.50. The van der Waals surface area contributed by atoms with Gasteiger partial charge in [-0.15, -0.1) is 11.7 Å². The van der Waals surface area contributed by atoms with Crippen molar-refractivity contribution in [3.63, 3.8) is 0 Å². The molecule has 0 radical (unpaired) electrons. The molecule has 2 amide bonds. The number of rotatable bonds is 3. The van der Waals surface area contributed by atoms with Gasteiger partial charge in [-0.25, -0.2) is 15.2 Å². The summed E-state index contributed by atoms with van der Waals surface area (Å²) in [4.78, 5) is 12.2. The molecular formula is C7H9N5OS. The van der Waals surface area contributed by atoms with Gasteiger partial charge in [0.2, 0.25) is 0 Å². The quantitative estimate of drug-likeness (QED) is 0.703. The lowest BCUT2D eigenvalue weighted by Gasteiger charge is -2.10. The number of allylic oxidation sites excluding steroid dienone is 1. The zero-order valence-electron chi connectivity index (χ0n) is 7.36. The summed E-state index contributed by atoms with van der Waals surface area (Å²) in [6, 6.07) is -0.206. The van der Waals surface area contributed by atoms with Crippen molar-refractivity contribution in [2.24, 2.45) is 0 Å². The van der Waals surface area contributed by atoms with E-state index in [1.165, 1.54) is 16.5 Å². The molecule has 0 bridgehead atoms. The average Bonchev–Trinajstić information content (AvgIpc) is 2.74. The molecule has 7 heteroatoms. The van der Waals surface area contributed by atoms with Crippen LogP contribution in [0.15, 0.2) is 12.7 Å². The highest BCUT2D eigenvalue weighted by Crippen LogP contribution is 2.21. The van der Waals surface area contributed by atoms with Crippen LogP contribution in [-0.2, 0) is 6.42 Å². The van der Waals surface area contributed by atoms with Crippen LogP contribution in [0.1, 0.15) is 4.88 Å². The van der Waals surface area contributed by atoms with Gasteiger partial charge in [0, 0.05) is 6.42 Å². The van der Waals surface area contributed by atoms with Crippen LogP contribution in [0.5, 0.6) is 0 Å². The summed E-state index contributed by atoms with van der Waals surface area (Å²) < 4.78 is 3.80. The van der Waals surface area contributed by atoms with Gasteiger partial charge in [-0.05, 0) is 11.5 Å². The summed E-state index contributed by atoms with van der Waals surface area (Å²) in [6.45, 7) is 4.05. The lowest BCUT2D eigenvalue weighted by Crippen LogP contribution is -2.35. The SMILES string of the molecule is C=CCc1snnc1N1NCNC1=O. The first-order valence-corrected chi connectivity index (χ1v) is 4.84. The largest absolute Gasteiger partial charge is 0.339 e. The third-order valence-corrected chi connectivity index (χ3v) is 2.49. The summed E-state index contributed by atoms with van der Waals surface area (Å²) in [7, 11) is 0. The molecule has 0 aliphatic carbocycles. The number of hydrazine groups is 1. The first-order chi connectivity index (χ1) is 6.83. The Hall–Kier alpha value is -1.47. The molecule has 1 aromatic heterocycles. The fourth-order valence-electron chi connectivity index (χ4n) is 1.15. The Morgan fingerprint density at radius 3 is 3.21 bits per heavy atom. The van der Waals surface area contributed by atoms with E-state index in [1.54, 1.807) is 6.08 Å². The Bertz CT molecular complexity index is 363. The monoisotopic (exact) mass is 211 g/mol. The first-order valence-electron chi connectivity index (χ1n) is 4.06. The maximum atomic E-state index is 11.3. The molecule has 2 rings (SSSR count). The molecule has 1 fully saturated rings. The number of anilines is 1. The fourth-order valence-corrected chi connectivity index (χ4v) is 1.77. The van der Waals surface area contributed by atoms with Gasteiger partial charge in [0.25, 0.3) is 0 Å². The molecule has 6 nitrogen and oxygen atoms in total. The van der Waals surface area contributed by atoms with E-state index in [-0.39, 0.29) is 6.03 Å². The van der Waals surface area contributed by atoms with E-state index in [2.05, 4.69) is 26.9 Å². The minimum atomic E-state index is -0.206. The third kappa shape index (κ3) is 1.47. The standard InChI is InChI=1S/C7H9N5OS/c1-2-3-5-6(10-11-14-5)12-7(13)8-4-9-12/h2,9H,1,3-4H2,(H,8,13). The predicted molar refractivity (Wildman–Crippen MR) is 52.8 cm³/mol. The second-order valence-electron chi connectivity index (χ2n) is 2.66. The summed E-state index contributed by atoms with van der Waals surface area (Å²) >= 11 is 1.27. The van der Waals surface area contributed by atoms with Gasteiger partial charge in [-0.2, -0.15) is 0 Å². The summed E-state index contributed by atoms with van der Waals surface area (Å²) in [5.41, 5.74) is 2.85. The molecule has 74 valence electrons. The molecule has 2 heterocycles. The van der Waals surface area contributed by atoms with Crippen LogP contribution in [0.25, 0.3) is 0 Å². The maximum Gasteiger partial charge on any atom is 0.339 e. The highest BCUT2D eigenvalue weighted by atomic mass is 32.1. The summed E-state index contributed by atoms with van der Waals surface area (Å²) in [5, 5.41) is 7.87. The van der Waals surface area contributed by atoms with E-state index in [1.807, 2.05) is 0 Å². The second kappa shape index (κ2) is 3.72. The van der Waals surface area contributed by atoms with E-state index in [0.29, 0.717) is 18.9 Å². The summed E-state index contributed by atoms with van der Waals surface area (Å²) in [5.74, 6) is 0.560. The molecule has 1 aliphatic rings. The Balaban J connectivity index is 2.26. The minimum Gasteiger partial charge on any atom is -0.322 e. The van der Waals surface area contributed by atoms with Crippen molar-refractivity contribution in [1.82, 2.24) is 20.3 Å². The average molecular weight is 211 g/mol. The van der Waals surface area contributed by atoms with Gasteiger partial charge < -0.3 is 5.32 Å². The fraction of sp³-hybridized carbons (Fsp3) is 0.286. The number of nitrogens with zero attached hydrogens (tertiary/aromatic N) is 3.